The average molecular weight is 432 g/mol. The number of nitriles is 1. The maximum Gasteiger partial charge on any atom is 0.490 e. The number of ketones is 1. The van der Waals surface area contributed by atoms with Gasteiger partial charge in [-0.2, -0.15) is 18.4 Å². The van der Waals surface area contributed by atoms with Gasteiger partial charge in [-0.05, 0) is 24.6 Å². The molecule has 0 saturated carbocycles. The Morgan fingerprint density at radius 1 is 1.31 bits per heavy atom. The number of nitrogens with zero attached hydrogens (tertiary/aromatic N) is 2. The molecule has 29 heavy (non-hydrogen) atoms. The summed E-state index contributed by atoms with van der Waals surface area (Å²) >= 11 is 5.98. The van der Waals surface area contributed by atoms with E-state index < -0.39 is 29.8 Å². The van der Waals surface area contributed by atoms with E-state index in [2.05, 4.69) is 4.98 Å². The molecule has 0 spiro atoms. The van der Waals surface area contributed by atoms with Crippen LogP contribution < -0.4 is 5.73 Å². The Bertz CT molecular complexity index is 941. The molecule has 0 bridgehead atoms. The molecule has 1 aromatic carbocycles. The lowest BCUT2D eigenvalue weighted by Gasteiger charge is -2.14. The molecule has 0 aliphatic heterocycles. The fraction of sp³-hybridized carbons (Fsp3) is 0.222. The maximum atomic E-state index is 14.6. The molecular weight excluding hydrogens is 418 g/mol. The molecule has 0 fully saturated rings. The number of alkyl halides is 3. The van der Waals surface area contributed by atoms with E-state index in [1.165, 1.54) is 30.5 Å². The number of nitrogens with two attached hydrogens (primary N) is 1. The number of carbonyl (C=O) groups is 2. The Morgan fingerprint density at radius 2 is 1.90 bits per heavy atom. The number of hydrogen-bond acceptors (Lipinski definition) is 5. The van der Waals surface area contributed by atoms with Gasteiger partial charge in [-0.3, -0.25) is 4.79 Å². The number of carboxylic acids is 1. The molecule has 0 aliphatic rings. The first-order valence-electron chi connectivity index (χ1n) is 7.88. The molecule has 1 aromatic heterocycles. The molecule has 2 rings (SSSR count). The van der Waals surface area contributed by atoms with E-state index in [0.717, 1.165) is 0 Å². The monoisotopic (exact) mass is 431 g/mol. The summed E-state index contributed by atoms with van der Waals surface area (Å²) in [6.07, 6.45) is -3.33. The maximum absolute atomic E-state index is 14.6. The summed E-state index contributed by atoms with van der Waals surface area (Å²) in [4.78, 5) is 25.2. The van der Waals surface area contributed by atoms with Crippen molar-refractivity contribution < 1.29 is 32.3 Å². The van der Waals surface area contributed by atoms with Crippen molar-refractivity contribution >= 4 is 23.4 Å². The quantitative estimate of drug-likeness (QED) is 0.557. The zero-order chi connectivity index (χ0) is 22.4. The van der Waals surface area contributed by atoms with Crippen LogP contribution in [0.15, 0.2) is 30.5 Å². The highest BCUT2D eigenvalue weighted by atomic mass is 35.5. The number of hydrogen-bond donors (Lipinski definition) is 2. The van der Waals surface area contributed by atoms with E-state index in [1.54, 1.807) is 0 Å². The number of rotatable bonds is 4. The van der Waals surface area contributed by atoms with Gasteiger partial charge in [0.05, 0.1) is 10.6 Å². The van der Waals surface area contributed by atoms with Crippen LogP contribution in [0.3, 0.4) is 0 Å². The molecule has 11 heteroatoms. The second-order valence-corrected chi connectivity index (χ2v) is 5.92. The number of carboxylic acid groups (broad SMARTS) is 1. The molecule has 0 amide bonds. The lowest BCUT2D eigenvalue weighted by molar-refractivity contribution is -0.192. The van der Waals surface area contributed by atoms with Crippen LogP contribution in [0.1, 0.15) is 46.6 Å². The minimum absolute atomic E-state index is 0.0129. The highest BCUT2D eigenvalue weighted by Gasteiger charge is 2.38. The second-order valence-electron chi connectivity index (χ2n) is 5.52. The van der Waals surface area contributed by atoms with Gasteiger partial charge in [-0.1, -0.05) is 24.6 Å². The highest BCUT2D eigenvalue weighted by molar-refractivity contribution is 6.35. The van der Waals surface area contributed by atoms with E-state index in [1.807, 2.05) is 13.0 Å². The molecule has 6 nitrogen and oxygen atoms in total. The van der Waals surface area contributed by atoms with Crippen LogP contribution in [-0.4, -0.2) is 28.0 Å². The molecular formula is C18H14ClF4N3O3. The van der Waals surface area contributed by atoms with Crippen molar-refractivity contribution in [3.05, 3.63) is 63.7 Å². The van der Waals surface area contributed by atoms with E-state index in [-0.39, 0.29) is 27.4 Å². The molecule has 2 aromatic rings. The number of halogens is 5. The summed E-state index contributed by atoms with van der Waals surface area (Å²) in [6, 6.07) is 7.08. The standard InChI is InChI=1S/C16H13ClFN3O.C2HF3O2/c1-2-13(20)11-5-6-12(17)14(15(11)18)16(22)9-3-4-10(7-19)21-8-9;3-2(4,5)1(6)7/h3-6,8,13H,2,20H2,1H3;(H,6,7)/t13-;/m1./s1. The highest BCUT2D eigenvalue weighted by Crippen LogP contribution is 2.28. The van der Waals surface area contributed by atoms with Crippen molar-refractivity contribution in [2.45, 2.75) is 25.6 Å². The lowest BCUT2D eigenvalue weighted by atomic mass is 9.97. The SMILES string of the molecule is CC[C@@H](N)c1ccc(Cl)c(C(=O)c2ccc(C#N)nc2)c1F.O=C(O)C(F)(F)F. The number of benzene rings is 1. The summed E-state index contributed by atoms with van der Waals surface area (Å²) in [5.74, 6) is -4.06. The van der Waals surface area contributed by atoms with Gasteiger partial charge in [0.2, 0.25) is 0 Å². The first kappa shape index (κ1) is 24.0. The summed E-state index contributed by atoms with van der Waals surface area (Å²) < 4.78 is 46.3. The van der Waals surface area contributed by atoms with E-state index in [4.69, 9.17) is 32.5 Å². The van der Waals surface area contributed by atoms with Gasteiger partial charge < -0.3 is 10.8 Å². The molecule has 154 valence electrons. The molecule has 1 atom stereocenters. The number of aliphatic carboxylic acids is 1. The number of carbonyl (C=O) groups excluding carboxylic acids is 1. The summed E-state index contributed by atoms with van der Waals surface area (Å²) in [7, 11) is 0. The van der Waals surface area contributed by atoms with Crippen LogP contribution >= 0.6 is 11.6 Å². The van der Waals surface area contributed by atoms with Gasteiger partial charge in [0.15, 0.2) is 5.78 Å². The van der Waals surface area contributed by atoms with Gasteiger partial charge in [0, 0.05) is 23.4 Å². The predicted molar refractivity (Wildman–Crippen MR) is 94.7 cm³/mol. The molecule has 0 saturated heterocycles. The van der Waals surface area contributed by atoms with Gasteiger partial charge in [-0.15, -0.1) is 0 Å². The minimum Gasteiger partial charge on any atom is -0.475 e. The fourth-order valence-corrected chi connectivity index (χ4v) is 2.25. The van der Waals surface area contributed by atoms with Gasteiger partial charge in [-0.25, -0.2) is 14.2 Å². The van der Waals surface area contributed by atoms with Crippen LogP contribution in [-0.2, 0) is 4.79 Å². The van der Waals surface area contributed by atoms with Crippen molar-refractivity contribution in [1.82, 2.24) is 4.98 Å². The van der Waals surface area contributed by atoms with Crippen LogP contribution in [0.4, 0.5) is 17.6 Å². The largest absolute Gasteiger partial charge is 0.490 e. The average Bonchev–Trinajstić information content (AvgIpc) is 2.67. The summed E-state index contributed by atoms with van der Waals surface area (Å²) in [5.41, 5.74) is 6.19. The Balaban J connectivity index is 0.000000516. The normalized spacial score (nSPS) is 11.7. The van der Waals surface area contributed by atoms with Crippen LogP contribution in [0.2, 0.25) is 5.02 Å². The minimum atomic E-state index is -5.08. The zero-order valence-electron chi connectivity index (χ0n) is 14.8. The summed E-state index contributed by atoms with van der Waals surface area (Å²) in [6.45, 7) is 1.82. The zero-order valence-corrected chi connectivity index (χ0v) is 15.6. The van der Waals surface area contributed by atoms with Gasteiger partial charge in [0.25, 0.3) is 0 Å². The van der Waals surface area contributed by atoms with Crippen molar-refractivity contribution in [2.24, 2.45) is 5.73 Å². The van der Waals surface area contributed by atoms with E-state index >= 15 is 0 Å². The van der Waals surface area contributed by atoms with Crippen LogP contribution in [0.5, 0.6) is 0 Å². The Morgan fingerprint density at radius 3 is 2.31 bits per heavy atom. The molecule has 0 unspecified atom stereocenters. The molecule has 1 heterocycles. The van der Waals surface area contributed by atoms with Crippen LogP contribution in [0, 0.1) is 17.1 Å². The van der Waals surface area contributed by atoms with E-state index in [0.29, 0.717) is 6.42 Å². The smallest absolute Gasteiger partial charge is 0.475 e. The fourth-order valence-electron chi connectivity index (χ4n) is 2.02. The third-order valence-corrected chi connectivity index (χ3v) is 3.89. The van der Waals surface area contributed by atoms with Crippen LogP contribution in [0.25, 0.3) is 0 Å². The third kappa shape index (κ3) is 6.23. The van der Waals surface area contributed by atoms with Gasteiger partial charge in [0.1, 0.15) is 17.6 Å². The van der Waals surface area contributed by atoms with Crippen molar-refractivity contribution in [3.8, 4) is 6.07 Å². The molecule has 0 aliphatic carbocycles. The molecule has 0 radical (unpaired) electrons. The predicted octanol–water partition coefficient (Wildman–Crippen LogP) is 4.02. The lowest BCUT2D eigenvalue weighted by Crippen LogP contribution is -2.21. The first-order valence-corrected chi connectivity index (χ1v) is 8.26. The number of aromatic nitrogens is 1. The van der Waals surface area contributed by atoms with Crippen molar-refractivity contribution in [2.75, 3.05) is 0 Å². The van der Waals surface area contributed by atoms with Crippen molar-refractivity contribution in [1.29, 1.82) is 5.26 Å². The first-order chi connectivity index (χ1) is 13.4. The topological polar surface area (TPSA) is 117 Å². The summed E-state index contributed by atoms with van der Waals surface area (Å²) in [5, 5.41) is 15.8. The van der Waals surface area contributed by atoms with Crippen molar-refractivity contribution in [3.63, 3.8) is 0 Å². The van der Waals surface area contributed by atoms with E-state index in [9.17, 15) is 22.4 Å². The number of pyridine rings is 1. The Kier molecular flexibility index (Phi) is 8.24. The Labute approximate surface area is 167 Å². The second kappa shape index (κ2) is 9.95. The Hall–Kier alpha value is -3.03. The van der Waals surface area contributed by atoms with Gasteiger partial charge >= 0.3 is 12.1 Å². The molecule has 3 N–H and O–H groups in total. The third-order valence-electron chi connectivity index (χ3n) is 3.57.